The summed E-state index contributed by atoms with van der Waals surface area (Å²) in [6, 6.07) is 9.42. The second-order valence-corrected chi connectivity index (χ2v) is 5.39. The van der Waals surface area contributed by atoms with Gasteiger partial charge in [-0.3, -0.25) is 14.9 Å². The van der Waals surface area contributed by atoms with Gasteiger partial charge in [0, 0.05) is 12.1 Å². The van der Waals surface area contributed by atoms with E-state index in [-0.39, 0.29) is 18.1 Å². The van der Waals surface area contributed by atoms with E-state index in [1.807, 2.05) is 0 Å². The van der Waals surface area contributed by atoms with Gasteiger partial charge in [0.15, 0.2) is 17.1 Å². The fourth-order valence-electron chi connectivity index (χ4n) is 2.60. The minimum atomic E-state index is -0.463. The van der Waals surface area contributed by atoms with Gasteiger partial charge in [0.1, 0.15) is 12.4 Å². The van der Waals surface area contributed by atoms with Gasteiger partial charge in [0.2, 0.25) is 0 Å². The van der Waals surface area contributed by atoms with Crippen molar-refractivity contribution < 1.29 is 23.6 Å². The zero-order valence-electron chi connectivity index (χ0n) is 13.6. The number of methoxy groups -OCH3 is 1. The van der Waals surface area contributed by atoms with Crippen molar-refractivity contribution in [3.05, 3.63) is 63.9 Å². The molecule has 0 aliphatic heterocycles. The van der Waals surface area contributed by atoms with Gasteiger partial charge >= 0.3 is 0 Å². The smallest absolute Gasteiger partial charge is 0.269 e. The van der Waals surface area contributed by atoms with E-state index in [9.17, 15) is 14.9 Å². The molecule has 3 rings (SSSR count). The van der Waals surface area contributed by atoms with Crippen LogP contribution >= 0.6 is 0 Å². The summed E-state index contributed by atoms with van der Waals surface area (Å²) in [5.41, 5.74) is 1.45. The third-order valence-electron chi connectivity index (χ3n) is 3.75. The second kappa shape index (κ2) is 6.64. The van der Waals surface area contributed by atoms with Gasteiger partial charge < -0.3 is 13.9 Å². The van der Waals surface area contributed by atoms with Crippen molar-refractivity contribution in [1.29, 1.82) is 0 Å². The van der Waals surface area contributed by atoms with Crippen molar-refractivity contribution in [2.75, 3.05) is 7.11 Å². The number of carbonyl (C=O) groups excluding carboxylic acids is 1. The van der Waals surface area contributed by atoms with Crippen LogP contribution < -0.4 is 9.47 Å². The van der Waals surface area contributed by atoms with Gasteiger partial charge in [0.25, 0.3) is 5.69 Å². The van der Waals surface area contributed by atoms with Crippen LogP contribution in [0, 0.1) is 10.1 Å². The van der Waals surface area contributed by atoms with Crippen LogP contribution in [0.5, 0.6) is 11.5 Å². The first-order valence-corrected chi connectivity index (χ1v) is 7.46. The molecule has 0 fully saturated rings. The molecule has 7 nitrogen and oxygen atoms in total. The van der Waals surface area contributed by atoms with E-state index in [0.29, 0.717) is 33.6 Å². The molecule has 3 aromatic rings. The van der Waals surface area contributed by atoms with E-state index in [1.54, 1.807) is 24.3 Å². The van der Waals surface area contributed by atoms with E-state index < -0.39 is 4.92 Å². The van der Waals surface area contributed by atoms with Crippen molar-refractivity contribution in [3.8, 4) is 11.5 Å². The molecule has 0 amide bonds. The molecule has 0 spiro atoms. The van der Waals surface area contributed by atoms with Crippen LogP contribution in [0.25, 0.3) is 11.0 Å². The van der Waals surface area contributed by atoms with Crippen LogP contribution in [-0.4, -0.2) is 17.8 Å². The molecule has 7 heteroatoms. The van der Waals surface area contributed by atoms with Crippen molar-refractivity contribution in [2.24, 2.45) is 0 Å². The zero-order valence-corrected chi connectivity index (χ0v) is 13.6. The number of Topliss-reactive ketones (excluding diaryl/α,β-unsaturated/α-hetero) is 1. The number of benzene rings is 2. The molecular weight excluding hydrogens is 326 g/mol. The van der Waals surface area contributed by atoms with E-state index >= 15 is 0 Å². The molecule has 0 saturated carbocycles. The second-order valence-electron chi connectivity index (χ2n) is 5.39. The van der Waals surface area contributed by atoms with Crippen molar-refractivity contribution in [2.45, 2.75) is 13.5 Å². The van der Waals surface area contributed by atoms with Gasteiger partial charge in [-0.05, 0) is 24.6 Å². The number of hydrogen-bond donors (Lipinski definition) is 0. The van der Waals surface area contributed by atoms with Gasteiger partial charge in [-0.15, -0.1) is 0 Å². The van der Waals surface area contributed by atoms with Crippen molar-refractivity contribution in [3.63, 3.8) is 0 Å². The molecule has 1 heterocycles. The number of rotatable bonds is 6. The minimum Gasteiger partial charge on any atom is -0.495 e. The minimum absolute atomic E-state index is 0.0107. The lowest BCUT2D eigenvalue weighted by Gasteiger charge is -2.12. The molecule has 0 saturated heterocycles. The molecule has 0 aliphatic carbocycles. The number of ether oxygens (including phenoxy) is 2. The summed E-state index contributed by atoms with van der Waals surface area (Å²) in [5.74, 6) is 0.636. The first kappa shape index (κ1) is 16.5. The fourth-order valence-corrected chi connectivity index (χ4v) is 2.60. The highest BCUT2D eigenvalue weighted by molar-refractivity contribution is 6.04. The monoisotopic (exact) mass is 341 g/mol. The first-order chi connectivity index (χ1) is 12.0. The lowest BCUT2D eigenvalue weighted by atomic mass is 10.1. The van der Waals surface area contributed by atoms with Crippen LogP contribution in [0.4, 0.5) is 5.69 Å². The number of hydrogen-bond acceptors (Lipinski definition) is 6. The van der Waals surface area contributed by atoms with Crippen LogP contribution in [0.2, 0.25) is 0 Å². The molecule has 128 valence electrons. The Morgan fingerprint density at radius 2 is 2.08 bits per heavy atom. The number of nitrogens with zero attached hydrogens (tertiary/aromatic N) is 1. The molecule has 1 aromatic heterocycles. The number of fused-ring (bicyclic) bond motifs is 1. The van der Waals surface area contributed by atoms with Gasteiger partial charge in [-0.2, -0.15) is 0 Å². The Bertz CT molecular complexity index is 959. The predicted molar refractivity (Wildman–Crippen MR) is 90.2 cm³/mol. The molecule has 25 heavy (non-hydrogen) atoms. The number of furan rings is 1. The van der Waals surface area contributed by atoms with Crippen molar-refractivity contribution in [1.82, 2.24) is 0 Å². The van der Waals surface area contributed by atoms with E-state index in [4.69, 9.17) is 13.9 Å². The van der Waals surface area contributed by atoms with Gasteiger partial charge in [0.05, 0.1) is 29.2 Å². The van der Waals surface area contributed by atoms with E-state index in [0.717, 1.165) is 0 Å². The summed E-state index contributed by atoms with van der Waals surface area (Å²) in [5, 5.41) is 11.5. The van der Waals surface area contributed by atoms with Gasteiger partial charge in [-0.25, -0.2) is 0 Å². The van der Waals surface area contributed by atoms with Crippen LogP contribution in [0.1, 0.15) is 22.8 Å². The number of ketones is 1. The number of carbonyl (C=O) groups is 1. The summed E-state index contributed by atoms with van der Waals surface area (Å²) < 4.78 is 16.5. The third-order valence-corrected chi connectivity index (χ3v) is 3.75. The molecule has 0 atom stereocenters. The lowest BCUT2D eigenvalue weighted by molar-refractivity contribution is -0.384. The SMILES string of the molecule is COc1c(C(C)=O)cc(OCc2cccc([N+](=O)[O-])c2)c2occc12. The predicted octanol–water partition coefficient (Wildman–Crippen LogP) is 4.13. The maximum absolute atomic E-state index is 11.9. The number of non-ortho nitro benzene ring substituents is 1. The normalized spacial score (nSPS) is 10.6. The highest BCUT2D eigenvalue weighted by Crippen LogP contribution is 2.38. The lowest BCUT2D eigenvalue weighted by Crippen LogP contribution is -2.02. The highest BCUT2D eigenvalue weighted by Gasteiger charge is 2.19. The molecular formula is C18H15NO6. The quantitative estimate of drug-likeness (QED) is 0.380. The maximum Gasteiger partial charge on any atom is 0.269 e. The Kier molecular flexibility index (Phi) is 4.38. The van der Waals surface area contributed by atoms with Gasteiger partial charge in [-0.1, -0.05) is 12.1 Å². The van der Waals surface area contributed by atoms with E-state index in [2.05, 4.69) is 0 Å². The maximum atomic E-state index is 11.9. The topological polar surface area (TPSA) is 91.8 Å². The van der Waals surface area contributed by atoms with E-state index in [1.165, 1.54) is 32.4 Å². The van der Waals surface area contributed by atoms with Crippen LogP contribution in [0.3, 0.4) is 0 Å². The molecule has 2 aromatic carbocycles. The molecule has 0 aliphatic rings. The third kappa shape index (κ3) is 3.16. The Morgan fingerprint density at radius 1 is 1.28 bits per heavy atom. The number of nitro benzene ring substituents is 1. The molecule has 0 bridgehead atoms. The summed E-state index contributed by atoms with van der Waals surface area (Å²) in [6.45, 7) is 1.54. The molecule has 0 radical (unpaired) electrons. The highest BCUT2D eigenvalue weighted by atomic mass is 16.6. The summed E-state index contributed by atoms with van der Waals surface area (Å²) in [4.78, 5) is 22.3. The average Bonchev–Trinajstić information content (AvgIpc) is 3.08. The Labute approximate surface area is 142 Å². The molecule has 0 unspecified atom stereocenters. The van der Waals surface area contributed by atoms with Crippen molar-refractivity contribution >= 4 is 22.4 Å². The standard InChI is InChI=1S/C18H15NO6/c1-11(20)15-9-16(18-14(6-7-24-18)17(15)23-2)25-10-12-4-3-5-13(8-12)19(21)22/h3-9H,10H2,1-2H3. The summed E-state index contributed by atoms with van der Waals surface area (Å²) in [6.07, 6.45) is 1.48. The summed E-state index contributed by atoms with van der Waals surface area (Å²) >= 11 is 0. The number of nitro groups is 1. The zero-order chi connectivity index (χ0) is 18.0. The first-order valence-electron chi connectivity index (χ1n) is 7.46. The Balaban J connectivity index is 1.96. The fraction of sp³-hybridized carbons (Fsp3) is 0.167. The van der Waals surface area contributed by atoms with Crippen LogP contribution in [-0.2, 0) is 6.61 Å². The molecule has 0 N–H and O–H groups in total. The summed E-state index contributed by atoms with van der Waals surface area (Å²) in [7, 11) is 1.48. The Hall–Kier alpha value is -3.35. The largest absolute Gasteiger partial charge is 0.495 e. The average molecular weight is 341 g/mol. The van der Waals surface area contributed by atoms with Crippen LogP contribution in [0.15, 0.2) is 47.1 Å². The Morgan fingerprint density at radius 3 is 2.76 bits per heavy atom.